The van der Waals surface area contributed by atoms with Crippen LogP contribution >= 0.6 is 23.2 Å². The zero-order valence-corrected chi connectivity index (χ0v) is 17.1. The molecule has 0 unspecified atom stereocenters. The Kier molecular flexibility index (Phi) is 7.14. The molecule has 2 rings (SSSR count). The molecule has 30 heavy (non-hydrogen) atoms. The van der Waals surface area contributed by atoms with Gasteiger partial charge in [0.15, 0.2) is 0 Å². The van der Waals surface area contributed by atoms with Crippen LogP contribution in [-0.4, -0.2) is 29.6 Å². The Labute approximate surface area is 180 Å². The predicted molar refractivity (Wildman–Crippen MR) is 101 cm³/mol. The largest absolute Gasteiger partial charge is 0.466 e. The van der Waals surface area contributed by atoms with Crippen molar-refractivity contribution >= 4 is 35.1 Å². The van der Waals surface area contributed by atoms with Gasteiger partial charge in [-0.1, -0.05) is 23.2 Å². The zero-order valence-electron chi connectivity index (χ0n) is 16.6. The van der Waals surface area contributed by atoms with E-state index in [4.69, 9.17) is 34.0 Å². The van der Waals surface area contributed by atoms with Crippen LogP contribution in [0.5, 0.6) is 0 Å². The summed E-state index contributed by atoms with van der Waals surface area (Å²) in [7, 11) is 0. The number of rotatable bonds is 6. The summed E-state index contributed by atoms with van der Waals surface area (Å²) in [5.41, 5.74) is -2.32. The first-order chi connectivity index (χ1) is 14.2. The highest BCUT2D eigenvalue weighted by Gasteiger charge is 2.32. The minimum absolute atomic E-state index is 0.0664. The summed E-state index contributed by atoms with van der Waals surface area (Å²) >= 11 is 11.7. The SMILES string of the molecule is [2H][C@@](C)(CC(=O)OCC)OC(=O)c1cc(-c2ncc(C(F)(F)F)cc2Cl)c(F)cc1Cl. The fourth-order valence-corrected chi connectivity index (χ4v) is 2.84. The summed E-state index contributed by atoms with van der Waals surface area (Å²) in [6.07, 6.45) is -6.84. The van der Waals surface area contributed by atoms with Crippen molar-refractivity contribution in [2.45, 2.75) is 32.5 Å². The molecule has 0 spiro atoms. The maximum atomic E-state index is 14.4. The zero-order chi connectivity index (χ0) is 23.6. The average Bonchev–Trinajstić information content (AvgIpc) is 2.60. The van der Waals surface area contributed by atoms with Gasteiger partial charge < -0.3 is 9.47 Å². The third kappa shape index (κ3) is 5.82. The summed E-state index contributed by atoms with van der Waals surface area (Å²) in [6.45, 7) is 2.76. The molecule has 5 nitrogen and oxygen atoms in total. The van der Waals surface area contributed by atoms with E-state index < -0.39 is 58.1 Å². The van der Waals surface area contributed by atoms with Crippen molar-refractivity contribution in [1.29, 1.82) is 0 Å². The van der Waals surface area contributed by atoms with Gasteiger partial charge in [0.2, 0.25) is 0 Å². The molecule has 1 heterocycles. The molecule has 2 aromatic rings. The van der Waals surface area contributed by atoms with Gasteiger partial charge in [0.1, 0.15) is 11.9 Å². The van der Waals surface area contributed by atoms with Crippen LogP contribution in [0.1, 0.15) is 37.6 Å². The molecule has 1 aromatic heterocycles. The average molecular weight is 469 g/mol. The molecule has 0 amide bonds. The van der Waals surface area contributed by atoms with E-state index >= 15 is 0 Å². The Morgan fingerprint density at radius 1 is 1.23 bits per heavy atom. The van der Waals surface area contributed by atoms with Crippen LogP contribution in [0.4, 0.5) is 17.6 Å². The van der Waals surface area contributed by atoms with E-state index in [0.717, 1.165) is 19.1 Å². The van der Waals surface area contributed by atoms with Crippen molar-refractivity contribution in [2.75, 3.05) is 6.61 Å². The highest BCUT2D eigenvalue weighted by Crippen LogP contribution is 2.36. The lowest BCUT2D eigenvalue weighted by Crippen LogP contribution is -2.20. The first kappa shape index (κ1) is 22.3. The highest BCUT2D eigenvalue weighted by molar-refractivity contribution is 6.34. The number of carbonyl (C=O) groups excluding carboxylic acids is 2. The monoisotopic (exact) mass is 468 g/mol. The molecule has 1 atom stereocenters. The second-order valence-corrected chi connectivity index (χ2v) is 6.75. The Morgan fingerprint density at radius 3 is 2.47 bits per heavy atom. The third-order valence-corrected chi connectivity index (χ3v) is 4.27. The van der Waals surface area contributed by atoms with Crippen LogP contribution in [0, 0.1) is 5.82 Å². The molecule has 0 aliphatic carbocycles. The number of halogens is 6. The quantitative estimate of drug-likeness (QED) is 0.401. The van der Waals surface area contributed by atoms with Gasteiger partial charge in [-0.2, -0.15) is 13.2 Å². The van der Waals surface area contributed by atoms with Crippen molar-refractivity contribution in [2.24, 2.45) is 0 Å². The first-order valence-corrected chi connectivity index (χ1v) is 9.12. The minimum atomic E-state index is -4.71. The molecular weight excluding hydrogens is 453 g/mol. The van der Waals surface area contributed by atoms with Crippen molar-refractivity contribution in [3.63, 3.8) is 0 Å². The second kappa shape index (κ2) is 9.61. The van der Waals surface area contributed by atoms with E-state index in [-0.39, 0.29) is 17.3 Å². The molecule has 162 valence electrons. The normalized spacial score (nSPS) is 13.9. The van der Waals surface area contributed by atoms with Gasteiger partial charge >= 0.3 is 18.1 Å². The van der Waals surface area contributed by atoms with E-state index in [1.54, 1.807) is 6.92 Å². The van der Waals surface area contributed by atoms with Crippen molar-refractivity contribution < 1.29 is 38.0 Å². The number of hydrogen-bond acceptors (Lipinski definition) is 5. The maximum Gasteiger partial charge on any atom is 0.417 e. The third-order valence-electron chi connectivity index (χ3n) is 3.67. The summed E-state index contributed by atoms with van der Waals surface area (Å²) < 4.78 is 70.5. The van der Waals surface area contributed by atoms with Crippen LogP contribution in [-0.2, 0) is 20.4 Å². The number of esters is 2. The lowest BCUT2D eigenvalue weighted by atomic mass is 10.1. The molecule has 0 N–H and O–H groups in total. The van der Waals surface area contributed by atoms with Gasteiger partial charge in [-0.05, 0) is 32.0 Å². The van der Waals surface area contributed by atoms with E-state index in [1.807, 2.05) is 0 Å². The number of aromatic nitrogens is 1. The molecule has 0 aliphatic rings. The van der Waals surface area contributed by atoms with E-state index in [1.165, 1.54) is 0 Å². The van der Waals surface area contributed by atoms with Crippen molar-refractivity contribution in [3.8, 4) is 11.3 Å². The van der Waals surface area contributed by atoms with Crippen molar-refractivity contribution in [3.05, 3.63) is 51.4 Å². The Hall–Kier alpha value is -2.39. The minimum Gasteiger partial charge on any atom is -0.466 e. The number of alkyl halides is 3. The van der Waals surface area contributed by atoms with Crippen molar-refractivity contribution in [1.82, 2.24) is 4.98 Å². The van der Waals surface area contributed by atoms with Crippen LogP contribution in [0.25, 0.3) is 11.3 Å². The smallest absolute Gasteiger partial charge is 0.417 e. The van der Waals surface area contributed by atoms with Crippen LogP contribution in [0.15, 0.2) is 24.4 Å². The lowest BCUT2D eigenvalue weighted by molar-refractivity contribution is -0.145. The number of hydrogen-bond donors (Lipinski definition) is 0. The van der Waals surface area contributed by atoms with Gasteiger partial charge in [-0.15, -0.1) is 0 Å². The number of pyridine rings is 1. The molecule has 0 fully saturated rings. The molecule has 0 saturated heterocycles. The molecule has 1 aromatic carbocycles. The van der Waals surface area contributed by atoms with E-state index in [0.29, 0.717) is 12.3 Å². The summed E-state index contributed by atoms with van der Waals surface area (Å²) in [4.78, 5) is 27.6. The van der Waals surface area contributed by atoms with Crippen LogP contribution in [0.3, 0.4) is 0 Å². The highest BCUT2D eigenvalue weighted by atomic mass is 35.5. The van der Waals surface area contributed by atoms with Gasteiger partial charge in [-0.3, -0.25) is 9.78 Å². The first-order valence-electron chi connectivity index (χ1n) is 8.86. The number of benzene rings is 1. The fraction of sp³-hybridized carbons (Fsp3) is 0.316. The number of carbonyl (C=O) groups is 2. The molecule has 11 heteroatoms. The lowest BCUT2D eigenvalue weighted by Gasteiger charge is -2.15. The molecule has 0 saturated carbocycles. The molecule has 0 radical (unpaired) electrons. The second-order valence-electron chi connectivity index (χ2n) is 5.94. The van der Waals surface area contributed by atoms with Gasteiger partial charge in [0.25, 0.3) is 0 Å². The van der Waals surface area contributed by atoms with Crippen LogP contribution < -0.4 is 0 Å². The van der Waals surface area contributed by atoms with Gasteiger partial charge in [0, 0.05) is 11.8 Å². The maximum absolute atomic E-state index is 14.4. The van der Waals surface area contributed by atoms with Crippen LogP contribution in [0.2, 0.25) is 10.0 Å². The van der Waals surface area contributed by atoms with E-state index in [9.17, 15) is 27.2 Å². The predicted octanol–water partition coefficient (Wildman–Crippen LogP) is 5.71. The fourth-order valence-electron chi connectivity index (χ4n) is 2.34. The van der Waals surface area contributed by atoms with Gasteiger partial charge in [-0.25, -0.2) is 9.18 Å². The number of nitrogens with zero attached hydrogens (tertiary/aromatic N) is 1. The number of ether oxygens (including phenoxy) is 2. The summed E-state index contributed by atoms with van der Waals surface area (Å²) in [6, 6.07) is 2.19. The topological polar surface area (TPSA) is 65.5 Å². The molecule has 0 aliphatic heterocycles. The summed E-state index contributed by atoms with van der Waals surface area (Å²) in [5.74, 6) is -2.95. The molecule has 0 bridgehead atoms. The van der Waals surface area contributed by atoms with Gasteiger partial charge in [0.05, 0.1) is 41.3 Å². The Bertz CT molecular complexity index is 1020. The summed E-state index contributed by atoms with van der Waals surface area (Å²) in [5, 5.41) is -0.899. The Balaban J connectivity index is 2.39. The molecular formula is C19H15Cl2F4NO4. The Morgan fingerprint density at radius 2 is 1.90 bits per heavy atom. The standard InChI is InChI=1S/C19H15Cl2F4NO4/c1-3-29-16(27)4-9(2)30-18(28)11-6-12(15(22)7-13(11)20)17-14(21)5-10(8-26-17)19(23,24)25/h5-9H,3-4H2,1-2H3/t9-/m1/s1/i9D. The van der Waals surface area contributed by atoms with E-state index in [2.05, 4.69) is 4.98 Å².